The molecule has 3 aromatic rings. The normalized spacial score (nSPS) is 11.6. The van der Waals surface area contributed by atoms with Crippen molar-refractivity contribution in [1.29, 1.82) is 0 Å². The minimum Gasteiger partial charge on any atom is -0.483 e. The lowest BCUT2D eigenvalue weighted by molar-refractivity contribution is -0.137. The fourth-order valence-corrected chi connectivity index (χ4v) is 3.90. The SMILES string of the molecule is Cc1cc(S(=O)(=O)Nc2ccccc2)ccc1OCC(=O)Nc1ccc(C(F)(F)F)cc1. The standard InChI is InChI=1S/C22H19F3N2O4S/c1-15-13-19(32(29,30)27-18-5-3-2-4-6-18)11-12-20(15)31-14-21(28)26-17-9-7-16(8-10-17)22(23,24)25/h2-13,27H,14H2,1H3,(H,26,28). The molecule has 0 heterocycles. The molecule has 0 saturated heterocycles. The van der Waals surface area contributed by atoms with E-state index >= 15 is 0 Å². The first-order valence-electron chi connectivity index (χ1n) is 9.33. The van der Waals surface area contributed by atoms with E-state index in [9.17, 15) is 26.4 Å². The van der Waals surface area contributed by atoms with Gasteiger partial charge in [-0.15, -0.1) is 0 Å². The van der Waals surface area contributed by atoms with Gasteiger partial charge in [-0.2, -0.15) is 13.2 Å². The first-order valence-corrected chi connectivity index (χ1v) is 10.8. The van der Waals surface area contributed by atoms with Gasteiger partial charge in [-0.1, -0.05) is 18.2 Å². The summed E-state index contributed by atoms with van der Waals surface area (Å²) in [4.78, 5) is 12.1. The highest BCUT2D eigenvalue weighted by Gasteiger charge is 2.30. The summed E-state index contributed by atoms with van der Waals surface area (Å²) in [5.74, 6) is -0.280. The van der Waals surface area contributed by atoms with Gasteiger partial charge in [-0.25, -0.2) is 8.42 Å². The first kappa shape index (κ1) is 23.1. The maximum Gasteiger partial charge on any atom is 0.416 e. The minimum absolute atomic E-state index is 0.0282. The molecule has 0 radical (unpaired) electrons. The average Bonchev–Trinajstić information content (AvgIpc) is 2.73. The zero-order chi connectivity index (χ0) is 23.4. The molecule has 2 N–H and O–H groups in total. The van der Waals surface area contributed by atoms with Crippen LogP contribution in [-0.4, -0.2) is 20.9 Å². The van der Waals surface area contributed by atoms with Crippen molar-refractivity contribution in [2.24, 2.45) is 0 Å². The quantitative estimate of drug-likeness (QED) is 0.525. The maximum atomic E-state index is 12.6. The second kappa shape index (κ2) is 9.31. The third-order valence-electron chi connectivity index (χ3n) is 4.34. The summed E-state index contributed by atoms with van der Waals surface area (Å²) < 4.78 is 70.7. The zero-order valence-electron chi connectivity index (χ0n) is 16.8. The van der Waals surface area contributed by atoms with Crippen molar-refractivity contribution in [3.63, 3.8) is 0 Å². The van der Waals surface area contributed by atoms with Crippen molar-refractivity contribution in [3.05, 3.63) is 83.9 Å². The number of halogens is 3. The van der Waals surface area contributed by atoms with Crippen molar-refractivity contribution in [2.45, 2.75) is 18.0 Å². The van der Waals surface area contributed by atoms with Gasteiger partial charge in [0.2, 0.25) is 0 Å². The molecular formula is C22H19F3N2O4S. The summed E-state index contributed by atoms with van der Waals surface area (Å²) in [6, 6.07) is 16.6. The topological polar surface area (TPSA) is 84.5 Å². The number of carbonyl (C=O) groups excluding carboxylic acids is 1. The van der Waals surface area contributed by atoms with Crippen LogP contribution in [0.1, 0.15) is 11.1 Å². The second-order valence-electron chi connectivity index (χ2n) is 6.81. The first-order chi connectivity index (χ1) is 15.0. The van der Waals surface area contributed by atoms with Gasteiger partial charge in [0, 0.05) is 11.4 Å². The molecule has 6 nitrogen and oxygen atoms in total. The van der Waals surface area contributed by atoms with Crippen LogP contribution in [0.5, 0.6) is 5.75 Å². The number of rotatable bonds is 7. The van der Waals surface area contributed by atoms with Crippen LogP contribution in [0.25, 0.3) is 0 Å². The van der Waals surface area contributed by atoms with Gasteiger partial charge in [0.25, 0.3) is 15.9 Å². The Hall–Kier alpha value is -3.53. The van der Waals surface area contributed by atoms with Crippen molar-refractivity contribution in [2.75, 3.05) is 16.6 Å². The van der Waals surface area contributed by atoms with E-state index in [-0.39, 0.29) is 10.6 Å². The number of ether oxygens (including phenoxy) is 1. The van der Waals surface area contributed by atoms with Gasteiger partial charge in [0.05, 0.1) is 10.5 Å². The fraction of sp³-hybridized carbons (Fsp3) is 0.136. The van der Waals surface area contributed by atoms with Gasteiger partial charge >= 0.3 is 6.18 Å². The Bertz CT molecular complexity index is 1200. The molecule has 10 heteroatoms. The lowest BCUT2D eigenvalue weighted by Crippen LogP contribution is -2.20. The van der Waals surface area contributed by atoms with Crippen LogP contribution in [-0.2, 0) is 21.0 Å². The lowest BCUT2D eigenvalue weighted by atomic mass is 10.2. The molecule has 0 saturated carbocycles. The Kier molecular flexibility index (Phi) is 6.73. The highest BCUT2D eigenvalue weighted by molar-refractivity contribution is 7.92. The van der Waals surface area contributed by atoms with Crippen molar-refractivity contribution >= 4 is 27.3 Å². The number of para-hydroxylation sites is 1. The molecule has 0 aliphatic heterocycles. The van der Waals surface area contributed by atoms with Gasteiger partial charge < -0.3 is 10.1 Å². The molecule has 3 rings (SSSR count). The van der Waals surface area contributed by atoms with E-state index < -0.39 is 34.3 Å². The molecule has 0 aromatic heterocycles. The van der Waals surface area contributed by atoms with E-state index in [1.807, 2.05) is 0 Å². The van der Waals surface area contributed by atoms with Crippen LogP contribution in [0, 0.1) is 6.92 Å². The second-order valence-corrected chi connectivity index (χ2v) is 8.49. The Labute approximate surface area is 183 Å². The molecule has 3 aromatic carbocycles. The largest absolute Gasteiger partial charge is 0.483 e. The monoisotopic (exact) mass is 464 g/mol. The van der Waals surface area contributed by atoms with Gasteiger partial charge in [-0.3, -0.25) is 9.52 Å². The van der Waals surface area contributed by atoms with E-state index in [1.165, 1.54) is 18.2 Å². The number of alkyl halides is 3. The lowest BCUT2D eigenvalue weighted by Gasteiger charge is -2.13. The molecular weight excluding hydrogens is 445 g/mol. The predicted octanol–water partition coefficient (Wildman–Crippen LogP) is 4.83. The van der Waals surface area contributed by atoms with Crippen LogP contribution in [0.15, 0.2) is 77.7 Å². The third-order valence-corrected chi connectivity index (χ3v) is 5.72. The van der Waals surface area contributed by atoms with Crippen molar-refractivity contribution < 1.29 is 31.1 Å². The summed E-state index contributed by atoms with van der Waals surface area (Å²) in [7, 11) is -3.80. The van der Waals surface area contributed by atoms with Crippen molar-refractivity contribution in [3.8, 4) is 5.75 Å². The Balaban J connectivity index is 1.60. The number of nitrogens with one attached hydrogen (secondary N) is 2. The summed E-state index contributed by atoms with van der Waals surface area (Å²) in [5.41, 5.74) is 0.282. The van der Waals surface area contributed by atoms with E-state index in [2.05, 4.69) is 10.0 Å². The van der Waals surface area contributed by atoms with Crippen LogP contribution < -0.4 is 14.8 Å². The zero-order valence-corrected chi connectivity index (χ0v) is 17.6. The number of hydrogen-bond donors (Lipinski definition) is 2. The summed E-state index contributed by atoms with van der Waals surface area (Å²) >= 11 is 0. The minimum atomic E-state index is -4.46. The number of carbonyl (C=O) groups is 1. The van der Waals surface area contributed by atoms with Gasteiger partial charge in [-0.05, 0) is 67.1 Å². The van der Waals surface area contributed by atoms with Crippen LogP contribution in [0.4, 0.5) is 24.5 Å². The van der Waals surface area contributed by atoms with Crippen LogP contribution >= 0.6 is 0 Å². The Morgan fingerprint density at radius 2 is 1.59 bits per heavy atom. The number of amides is 1. The van der Waals surface area contributed by atoms with Gasteiger partial charge in [0.1, 0.15) is 5.75 Å². The molecule has 1 amide bonds. The molecule has 32 heavy (non-hydrogen) atoms. The highest BCUT2D eigenvalue weighted by Crippen LogP contribution is 2.30. The Morgan fingerprint density at radius 1 is 0.938 bits per heavy atom. The molecule has 0 atom stereocenters. The van der Waals surface area contributed by atoms with E-state index in [0.29, 0.717) is 17.0 Å². The van der Waals surface area contributed by atoms with Crippen LogP contribution in [0.2, 0.25) is 0 Å². The molecule has 0 fully saturated rings. The van der Waals surface area contributed by atoms with E-state index in [4.69, 9.17) is 4.74 Å². The number of aryl methyl sites for hydroxylation is 1. The number of sulfonamides is 1. The molecule has 168 valence electrons. The number of benzene rings is 3. The fourth-order valence-electron chi connectivity index (χ4n) is 2.75. The van der Waals surface area contributed by atoms with E-state index in [0.717, 1.165) is 24.3 Å². The third kappa shape index (κ3) is 6.01. The van der Waals surface area contributed by atoms with Crippen molar-refractivity contribution in [1.82, 2.24) is 0 Å². The number of hydrogen-bond acceptors (Lipinski definition) is 4. The molecule has 0 bridgehead atoms. The van der Waals surface area contributed by atoms with Crippen LogP contribution in [0.3, 0.4) is 0 Å². The molecule has 0 unspecified atom stereocenters. The summed E-state index contributed by atoms with van der Waals surface area (Å²) in [6.07, 6.45) is -4.46. The smallest absolute Gasteiger partial charge is 0.416 e. The molecule has 0 spiro atoms. The summed E-state index contributed by atoms with van der Waals surface area (Å²) in [6.45, 7) is 1.22. The number of anilines is 2. The highest BCUT2D eigenvalue weighted by atomic mass is 32.2. The van der Waals surface area contributed by atoms with Gasteiger partial charge in [0.15, 0.2) is 6.61 Å². The summed E-state index contributed by atoms with van der Waals surface area (Å²) in [5, 5.41) is 2.44. The maximum absolute atomic E-state index is 12.6. The predicted molar refractivity (Wildman–Crippen MR) is 114 cm³/mol. The molecule has 0 aliphatic carbocycles. The Morgan fingerprint density at radius 3 is 2.19 bits per heavy atom. The average molecular weight is 464 g/mol. The van der Waals surface area contributed by atoms with E-state index in [1.54, 1.807) is 37.3 Å². The molecule has 0 aliphatic rings.